The van der Waals surface area contributed by atoms with Crippen LogP contribution in [-0.4, -0.2) is 23.3 Å². The fraction of sp³-hybridized carbons (Fsp3) is 0.429. The first kappa shape index (κ1) is 9.15. The van der Waals surface area contributed by atoms with Crippen LogP contribution >= 0.6 is 11.3 Å². The zero-order valence-electron chi connectivity index (χ0n) is 6.79. The molecule has 1 aromatic rings. The first-order valence-corrected chi connectivity index (χ1v) is 4.55. The van der Waals surface area contributed by atoms with Crippen molar-refractivity contribution in [3.05, 3.63) is 17.7 Å². The van der Waals surface area contributed by atoms with E-state index >= 15 is 0 Å². The van der Waals surface area contributed by atoms with Crippen LogP contribution in [-0.2, 0) is 6.42 Å². The summed E-state index contributed by atoms with van der Waals surface area (Å²) < 4.78 is 0. The van der Waals surface area contributed by atoms with Gasteiger partial charge in [0.1, 0.15) is 5.01 Å². The van der Waals surface area contributed by atoms with Crippen molar-refractivity contribution in [3.8, 4) is 0 Å². The number of nitrogens with one attached hydrogen (secondary N) is 1. The Balaban J connectivity index is 2.46. The average molecular weight is 184 g/mol. The number of aromatic nitrogens is 2. The minimum absolute atomic E-state index is 0.621. The predicted molar refractivity (Wildman–Crippen MR) is 51.4 cm³/mol. The molecule has 12 heavy (non-hydrogen) atoms. The molecule has 0 atom stereocenters. The topological polar surface area (TPSA) is 63.8 Å². The summed E-state index contributed by atoms with van der Waals surface area (Å²) in [5, 5.41) is 12.7. The van der Waals surface area contributed by atoms with Gasteiger partial charge in [-0.1, -0.05) is 17.4 Å². The van der Waals surface area contributed by atoms with E-state index in [1.54, 1.807) is 6.08 Å². The van der Waals surface area contributed by atoms with E-state index in [0.717, 1.165) is 23.1 Å². The highest BCUT2D eigenvalue weighted by molar-refractivity contribution is 7.15. The Kier molecular flexibility index (Phi) is 3.69. The normalized spacial score (nSPS) is 9.75. The highest BCUT2D eigenvalue weighted by Gasteiger charge is 2.00. The summed E-state index contributed by atoms with van der Waals surface area (Å²) in [4.78, 5) is 0. The van der Waals surface area contributed by atoms with Crippen LogP contribution in [0, 0.1) is 0 Å². The van der Waals surface area contributed by atoms with Crippen molar-refractivity contribution in [1.82, 2.24) is 10.2 Å². The van der Waals surface area contributed by atoms with Crippen LogP contribution in [0.2, 0.25) is 0 Å². The molecule has 0 saturated heterocycles. The molecule has 5 heteroatoms. The van der Waals surface area contributed by atoms with Crippen LogP contribution in [0.15, 0.2) is 12.7 Å². The van der Waals surface area contributed by atoms with Crippen molar-refractivity contribution in [2.75, 3.05) is 18.4 Å². The largest absolute Gasteiger partial charge is 0.357 e. The lowest BCUT2D eigenvalue weighted by Crippen LogP contribution is -2.01. The zero-order valence-corrected chi connectivity index (χ0v) is 7.60. The minimum Gasteiger partial charge on any atom is -0.357 e. The molecule has 1 aromatic heterocycles. The Hall–Kier alpha value is -0.940. The van der Waals surface area contributed by atoms with E-state index in [9.17, 15) is 0 Å². The van der Waals surface area contributed by atoms with Gasteiger partial charge in [-0.05, 0) is 6.54 Å². The molecule has 0 aromatic carbocycles. The Bertz CT molecular complexity index is 245. The van der Waals surface area contributed by atoms with Crippen LogP contribution in [0.4, 0.5) is 5.13 Å². The molecule has 3 N–H and O–H groups in total. The van der Waals surface area contributed by atoms with E-state index in [-0.39, 0.29) is 0 Å². The molecular weight excluding hydrogens is 172 g/mol. The van der Waals surface area contributed by atoms with Gasteiger partial charge in [0.15, 0.2) is 0 Å². The summed E-state index contributed by atoms with van der Waals surface area (Å²) in [6.45, 7) is 4.93. The summed E-state index contributed by atoms with van der Waals surface area (Å²) in [6.07, 6.45) is 2.58. The lowest BCUT2D eigenvalue weighted by atomic mass is 10.5. The summed E-state index contributed by atoms with van der Waals surface area (Å²) in [7, 11) is 0. The number of nitrogens with two attached hydrogens (primary N) is 1. The molecule has 0 amide bonds. The third kappa shape index (κ3) is 2.60. The second-order valence-electron chi connectivity index (χ2n) is 2.21. The average Bonchev–Trinajstić information content (AvgIpc) is 2.50. The Morgan fingerprint density at radius 2 is 2.42 bits per heavy atom. The van der Waals surface area contributed by atoms with E-state index in [1.807, 2.05) is 0 Å². The van der Waals surface area contributed by atoms with Gasteiger partial charge in [-0.15, -0.1) is 16.8 Å². The summed E-state index contributed by atoms with van der Waals surface area (Å²) in [5.74, 6) is 0. The van der Waals surface area contributed by atoms with Crippen molar-refractivity contribution in [1.29, 1.82) is 0 Å². The quantitative estimate of drug-likeness (QED) is 0.659. The van der Waals surface area contributed by atoms with Crippen LogP contribution < -0.4 is 11.1 Å². The van der Waals surface area contributed by atoms with E-state index in [4.69, 9.17) is 5.73 Å². The third-order valence-corrected chi connectivity index (χ3v) is 2.16. The maximum absolute atomic E-state index is 5.37. The maximum atomic E-state index is 5.37. The van der Waals surface area contributed by atoms with Crippen molar-refractivity contribution in [2.45, 2.75) is 6.42 Å². The standard InChI is InChI=1S/C7H12N4S/c1-2-5-9-7-11-10-6(12-7)3-4-8/h2H,1,3-5,8H2,(H,9,11). The van der Waals surface area contributed by atoms with E-state index in [2.05, 4.69) is 22.1 Å². The second-order valence-corrected chi connectivity index (χ2v) is 3.27. The molecule has 1 heterocycles. The summed E-state index contributed by atoms with van der Waals surface area (Å²) in [5.41, 5.74) is 5.37. The minimum atomic E-state index is 0.621. The van der Waals surface area contributed by atoms with Gasteiger partial charge < -0.3 is 11.1 Å². The molecule has 0 aliphatic heterocycles. The molecule has 0 saturated carbocycles. The van der Waals surface area contributed by atoms with Gasteiger partial charge in [-0.25, -0.2) is 0 Å². The lowest BCUT2D eigenvalue weighted by molar-refractivity contribution is 0.912. The predicted octanol–water partition coefficient (Wildman–Crippen LogP) is 0.637. The Labute approximate surface area is 75.5 Å². The van der Waals surface area contributed by atoms with Gasteiger partial charge in [0.25, 0.3) is 0 Å². The van der Waals surface area contributed by atoms with E-state index in [0.29, 0.717) is 6.54 Å². The molecule has 4 nitrogen and oxygen atoms in total. The van der Waals surface area contributed by atoms with Gasteiger partial charge in [-0.2, -0.15) is 0 Å². The molecule has 0 unspecified atom stereocenters. The van der Waals surface area contributed by atoms with Crippen LogP contribution in [0.1, 0.15) is 5.01 Å². The van der Waals surface area contributed by atoms with Crippen LogP contribution in [0.5, 0.6) is 0 Å². The molecule has 0 fully saturated rings. The fourth-order valence-corrected chi connectivity index (χ4v) is 1.47. The molecular formula is C7H12N4S. The van der Waals surface area contributed by atoms with Crippen molar-refractivity contribution in [2.24, 2.45) is 5.73 Å². The van der Waals surface area contributed by atoms with Crippen molar-refractivity contribution in [3.63, 3.8) is 0 Å². The highest BCUT2D eigenvalue weighted by Crippen LogP contribution is 2.14. The zero-order chi connectivity index (χ0) is 8.81. The van der Waals surface area contributed by atoms with Crippen LogP contribution in [0.25, 0.3) is 0 Å². The number of hydrogen-bond acceptors (Lipinski definition) is 5. The molecule has 66 valence electrons. The van der Waals surface area contributed by atoms with E-state index < -0.39 is 0 Å². The smallest absolute Gasteiger partial charge is 0.205 e. The molecule has 0 aliphatic carbocycles. The summed E-state index contributed by atoms with van der Waals surface area (Å²) >= 11 is 1.54. The first-order chi connectivity index (χ1) is 5.86. The number of rotatable bonds is 5. The Morgan fingerprint density at radius 3 is 3.08 bits per heavy atom. The SMILES string of the molecule is C=CCNc1nnc(CCN)s1. The van der Waals surface area contributed by atoms with Gasteiger partial charge in [0, 0.05) is 13.0 Å². The Morgan fingerprint density at radius 1 is 1.58 bits per heavy atom. The molecule has 0 aliphatic rings. The first-order valence-electron chi connectivity index (χ1n) is 3.74. The number of hydrogen-bond donors (Lipinski definition) is 2. The van der Waals surface area contributed by atoms with Gasteiger partial charge >= 0.3 is 0 Å². The lowest BCUT2D eigenvalue weighted by Gasteiger charge is -1.92. The molecule has 0 spiro atoms. The highest BCUT2D eigenvalue weighted by atomic mass is 32.1. The van der Waals surface area contributed by atoms with Crippen LogP contribution in [0.3, 0.4) is 0 Å². The van der Waals surface area contributed by atoms with Crippen molar-refractivity contribution < 1.29 is 0 Å². The molecule has 0 bridgehead atoms. The summed E-state index contributed by atoms with van der Waals surface area (Å²) in [6, 6.07) is 0. The van der Waals surface area contributed by atoms with Gasteiger partial charge in [0.2, 0.25) is 5.13 Å². The molecule has 0 radical (unpaired) electrons. The van der Waals surface area contributed by atoms with Crippen molar-refractivity contribution >= 4 is 16.5 Å². The number of anilines is 1. The third-order valence-electron chi connectivity index (χ3n) is 1.22. The second kappa shape index (κ2) is 4.84. The number of nitrogens with zero attached hydrogens (tertiary/aromatic N) is 2. The van der Waals surface area contributed by atoms with Gasteiger partial charge in [0.05, 0.1) is 0 Å². The monoisotopic (exact) mass is 184 g/mol. The maximum Gasteiger partial charge on any atom is 0.205 e. The molecule has 1 rings (SSSR count). The van der Waals surface area contributed by atoms with E-state index in [1.165, 1.54) is 11.3 Å². The fourth-order valence-electron chi connectivity index (χ4n) is 0.709. The van der Waals surface area contributed by atoms with Gasteiger partial charge in [-0.3, -0.25) is 0 Å².